The Morgan fingerprint density at radius 2 is 1.62 bits per heavy atom. The van der Waals surface area contributed by atoms with Crippen LogP contribution >= 0.6 is 23.2 Å². The number of ether oxygens (including phenoxy) is 2. The number of hydrogen-bond donors (Lipinski definition) is 1. The summed E-state index contributed by atoms with van der Waals surface area (Å²) in [4.78, 5) is 29.8. The summed E-state index contributed by atoms with van der Waals surface area (Å²) in [6.07, 6.45) is 6.77. The highest BCUT2D eigenvalue weighted by molar-refractivity contribution is 7.92. The van der Waals surface area contributed by atoms with Crippen LogP contribution in [0.2, 0.25) is 10.0 Å². The molecule has 1 aliphatic heterocycles. The van der Waals surface area contributed by atoms with Crippen LogP contribution in [0.4, 0.5) is 5.69 Å². The maximum Gasteiger partial charge on any atom is 0.243 e. The molecule has 47 heavy (non-hydrogen) atoms. The molecular weight excluding hydrogens is 661 g/mol. The number of fused-ring (bicyclic) bond motifs is 1. The van der Waals surface area contributed by atoms with Gasteiger partial charge >= 0.3 is 0 Å². The van der Waals surface area contributed by atoms with Crippen molar-refractivity contribution in [2.24, 2.45) is 0 Å². The van der Waals surface area contributed by atoms with Crippen molar-refractivity contribution >= 4 is 50.7 Å². The zero-order valence-corrected chi connectivity index (χ0v) is 28.8. The van der Waals surface area contributed by atoms with E-state index >= 15 is 0 Å². The van der Waals surface area contributed by atoms with Gasteiger partial charge in [0.1, 0.15) is 19.3 Å². The fraction of sp³-hybridized carbons (Fsp3) is 0.429. The Balaban J connectivity index is 1.39. The lowest BCUT2D eigenvalue weighted by atomic mass is 9.94. The van der Waals surface area contributed by atoms with Crippen LogP contribution < -0.4 is 19.1 Å². The van der Waals surface area contributed by atoms with Gasteiger partial charge in [0, 0.05) is 38.0 Å². The summed E-state index contributed by atoms with van der Waals surface area (Å²) in [5.41, 5.74) is 2.07. The molecule has 12 heteroatoms. The van der Waals surface area contributed by atoms with E-state index < -0.39 is 16.1 Å². The van der Waals surface area contributed by atoms with Gasteiger partial charge in [0.25, 0.3) is 0 Å². The minimum atomic E-state index is -3.69. The van der Waals surface area contributed by atoms with Crippen molar-refractivity contribution in [2.45, 2.75) is 70.0 Å². The fourth-order valence-corrected chi connectivity index (χ4v) is 7.40. The van der Waals surface area contributed by atoms with Gasteiger partial charge in [0.05, 0.1) is 22.0 Å². The Labute approximate surface area is 287 Å². The van der Waals surface area contributed by atoms with Crippen LogP contribution in [0.15, 0.2) is 66.7 Å². The highest BCUT2D eigenvalue weighted by Gasteiger charge is 2.32. The van der Waals surface area contributed by atoms with Gasteiger partial charge in [-0.2, -0.15) is 0 Å². The molecule has 5 rings (SSSR count). The predicted octanol–water partition coefficient (Wildman–Crippen LogP) is 6.40. The molecule has 2 amide bonds. The normalized spacial score (nSPS) is 15.5. The van der Waals surface area contributed by atoms with Gasteiger partial charge in [-0.15, -0.1) is 0 Å². The summed E-state index contributed by atoms with van der Waals surface area (Å²) >= 11 is 12.5. The quantitative estimate of drug-likeness (QED) is 0.221. The summed E-state index contributed by atoms with van der Waals surface area (Å²) in [6.45, 7) is 0.982. The van der Waals surface area contributed by atoms with Crippen LogP contribution in [0.1, 0.15) is 56.1 Å². The van der Waals surface area contributed by atoms with Gasteiger partial charge in [-0.25, -0.2) is 8.42 Å². The number of rotatable bonds is 13. The van der Waals surface area contributed by atoms with Crippen LogP contribution in [0.5, 0.6) is 11.5 Å². The Hall–Kier alpha value is -3.47. The van der Waals surface area contributed by atoms with Crippen molar-refractivity contribution < 1.29 is 27.5 Å². The summed E-state index contributed by atoms with van der Waals surface area (Å²) in [7, 11) is -3.69. The third-order valence-electron chi connectivity index (χ3n) is 8.53. The van der Waals surface area contributed by atoms with E-state index in [9.17, 15) is 18.0 Å². The number of carbonyl (C=O) groups is 2. The van der Waals surface area contributed by atoms with Gasteiger partial charge in [0.15, 0.2) is 11.5 Å². The Morgan fingerprint density at radius 1 is 0.894 bits per heavy atom. The minimum absolute atomic E-state index is 0.0138. The SMILES string of the molecule is CS(=O)(=O)N(CCCC(=O)N(Cc1ccc(Cl)c(Cl)c1)C(Cc1ccccc1)C(=O)NC1CCCCC1)c1ccc2c(c1)OCCO2. The number of sulfonamides is 1. The molecule has 1 atom stereocenters. The smallest absolute Gasteiger partial charge is 0.243 e. The number of amides is 2. The molecule has 1 fully saturated rings. The topological polar surface area (TPSA) is 105 Å². The molecule has 1 heterocycles. The Kier molecular flexibility index (Phi) is 11.9. The molecule has 1 saturated carbocycles. The third kappa shape index (κ3) is 9.55. The number of benzene rings is 3. The Morgan fingerprint density at radius 3 is 2.32 bits per heavy atom. The molecule has 0 aromatic heterocycles. The molecule has 2 aliphatic rings. The largest absolute Gasteiger partial charge is 0.486 e. The van der Waals surface area contributed by atoms with E-state index in [4.69, 9.17) is 32.7 Å². The molecule has 0 saturated heterocycles. The highest BCUT2D eigenvalue weighted by atomic mass is 35.5. The lowest BCUT2D eigenvalue weighted by molar-refractivity contribution is -0.141. The lowest BCUT2D eigenvalue weighted by Crippen LogP contribution is -2.52. The Bertz CT molecular complexity index is 1650. The number of carbonyl (C=O) groups excluding carboxylic acids is 2. The second kappa shape index (κ2) is 16.1. The van der Waals surface area contributed by atoms with E-state index in [-0.39, 0.29) is 43.8 Å². The highest BCUT2D eigenvalue weighted by Crippen LogP contribution is 2.35. The third-order valence-corrected chi connectivity index (χ3v) is 10.5. The summed E-state index contributed by atoms with van der Waals surface area (Å²) < 4.78 is 38.3. The van der Waals surface area contributed by atoms with Crippen molar-refractivity contribution in [1.29, 1.82) is 0 Å². The molecular formula is C35H41Cl2N3O6S. The van der Waals surface area contributed by atoms with Crippen molar-refractivity contribution in [3.63, 3.8) is 0 Å². The number of halogens is 2. The fourth-order valence-electron chi connectivity index (χ4n) is 6.12. The second-order valence-corrected chi connectivity index (χ2v) is 14.8. The first-order valence-electron chi connectivity index (χ1n) is 16.0. The first-order valence-corrected chi connectivity index (χ1v) is 18.6. The molecule has 252 valence electrons. The van der Waals surface area contributed by atoms with Crippen molar-refractivity contribution in [3.8, 4) is 11.5 Å². The molecule has 1 unspecified atom stereocenters. The monoisotopic (exact) mass is 701 g/mol. The molecule has 0 bridgehead atoms. The molecule has 9 nitrogen and oxygen atoms in total. The molecule has 0 radical (unpaired) electrons. The van der Waals surface area contributed by atoms with E-state index in [0.717, 1.165) is 49.5 Å². The van der Waals surface area contributed by atoms with Crippen LogP contribution in [0.3, 0.4) is 0 Å². The zero-order chi connectivity index (χ0) is 33.4. The summed E-state index contributed by atoms with van der Waals surface area (Å²) in [5, 5.41) is 3.98. The number of anilines is 1. The van der Waals surface area contributed by atoms with Crippen molar-refractivity contribution in [3.05, 3.63) is 87.9 Å². The van der Waals surface area contributed by atoms with Gasteiger partial charge < -0.3 is 19.7 Å². The average molecular weight is 703 g/mol. The van der Waals surface area contributed by atoms with E-state index in [0.29, 0.717) is 46.9 Å². The standard InChI is InChI=1S/C35H41Cl2N3O6S/c1-47(43,44)40(28-15-17-32-33(23-28)46-20-19-45-32)18-8-13-34(41)39(24-26-14-16-29(36)30(37)21-26)31(22-25-9-4-2-5-10-25)35(42)38-27-11-6-3-7-12-27/h2,4-5,9-10,14-17,21,23,27,31H,3,6-8,11-13,18-20,22,24H2,1H3,(H,38,42). The molecule has 0 spiro atoms. The molecule has 1 aliphatic carbocycles. The molecule has 1 N–H and O–H groups in total. The van der Waals surface area contributed by atoms with E-state index in [1.165, 1.54) is 4.31 Å². The maximum atomic E-state index is 14.2. The van der Waals surface area contributed by atoms with Gasteiger partial charge in [-0.3, -0.25) is 13.9 Å². The predicted molar refractivity (Wildman–Crippen MR) is 185 cm³/mol. The van der Waals surface area contributed by atoms with Gasteiger partial charge in [-0.05, 0) is 54.7 Å². The van der Waals surface area contributed by atoms with Crippen molar-refractivity contribution in [1.82, 2.24) is 10.2 Å². The van der Waals surface area contributed by atoms with Crippen LogP contribution in [-0.2, 0) is 32.6 Å². The van der Waals surface area contributed by atoms with Crippen molar-refractivity contribution in [2.75, 3.05) is 30.3 Å². The average Bonchev–Trinajstić information content (AvgIpc) is 3.06. The second-order valence-electron chi connectivity index (χ2n) is 12.1. The van der Waals surface area contributed by atoms with Crippen LogP contribution in [0, 0.1) is 0 Å². The summed E-state index contributed by atoms with van der Waals surface area (Å²) in [5.74, 6) is 0.547. The first kappa shape index (κ1) is 34.9. The van der Waals surface area contributed by atoms with E-state index in [1.807, 2.05) is 30.3 Å². The van der Waals surface area contributed by atoms with Crippen LogP contribution in [-0.4, -0.2) is 63.2 Å². The number of nitrogens with one attached hydrogen (secondary N) is 1. The zero-order valence-electron chi connectivity index (χ0n) is 26.5. The summed E-state index contributed by atoms with van der Waals surface area (Å²) in [6, 6.07) is 19.0. The lowest BCUT2D eigenvalue weighted by Gasteiger charge is -2.34. The maximum absolute atomic E-state index is 14.2. The first-order chi connectivity index (χ1) is 22.6. The molecule has 3 aromatic rings. The molecule has 3 aromatic carbocycles. The number of hydrogen-bond acceptors (Lipinski definition) is 6. The minimum Gasteiger partial charge on any atom is -0.486 e. The van der Waals surface area contributed by atoms with Gasteiger partial charge in [0.2, 0.25) is 21.8 Å². The van der Waals surface area contributed by atoms with E-state index in [2.05, 4.69) is 5.32 Å². The van der Waals surface area contributed by atoms with Gasteiger partial charge in [-0.1, -0.05) is 78.9 Å². The van der Waals surface area contributed by atoms with E-state index in [1.54, 1.807) is 41.3 Å². The number of nitrogens with zero attached hydrogens (tertiary/aromatic N) is 2. The van der Waals surface area contributed by atoms with Crippen LogP contribution in [0.25, 0.3) is 0 Å².